The Bertz CT molecular complexity index is 972. The van der Waals surface area contributed by atoms with E-state index in [2.05, 4.69) is 25.1 Å². The number of hydrogen-bond acceptors (Lipinski definition) is 7. The molecule has 5 N–H and O–H groups in total. The summed E-state index contributed by atoms with van der Waals surface area (Å²) in [7, 11) is 0. The van der Waals surface area contributed by atoms with E-state index in [4.69, 9.17) is 15.9 Å². The van der Waals surface area contributed by atoms with Crippen molar-refractivity contribution in [1.82, 2.24) is 25.1 Å². The Morgan fingerprint density at radius 2 is 2.00 bits per heavy atom. The average Bonchev–Trinajstić information content (AvgIpc) is 3.12. The van der Waals surface area contributed by atoms with Crippen LogP contribution in [0.3, 0.4) is 0 Å². The molecule has 0 aliphatic rings. The van der Waals surface area contributed by atoms with Crippen molar-refractivity contribution >= 4 is 22.7 Å². The van der Waals surface area contributed by atoms with Crippen LogP contribution >= 0.6 is 0 Å². The van der Waals surface area contributed by atoms with E-state index >= 15 is 0 Å². The first-order chi connectivity index (χ1) is 10.7. The number of nitrogens with one attached hydrogen (secondary N) is 1. The van der Waals surface area contributed by atoms with E-state index in [0.717, 1.165) is 22.0 Å². The summed E-state index contributed by atoms with van der Waals surface area (Å²) in [5.41, 5.74) is 13.7. The van der Waals surface area contributed by atoms with Gasteiger partial charge in [0.1, 0.15) is 5.82 Å². The molecule has 0 radical (unpaired) electrons. The van der Waals surface area contributed by atoms with E-state index in [1.807, 2.05) is 24.4 Å². The number of fused-ring (bicyclic) bond motifs is 1. The predicted molar refractivity (Wildman–Crippen MR) is 81.4 cm³/mol. The summed E-state index contributed by atoms with van der Waals surface area (Å²) in [6.07, 6.45) is 3.46. The molecule has 0 saturated heterocycles. The molecule has 0 aliphatic heterocycles. The number of hydrogen-bond donors (Lipinski definition) is 3. The van der Waals surface area contributed by atoms with Crippen LogP contribution in [0.15, 0.2) is 41.1 Å². The summed E-state index contributed by atoms with van der Waals surface area (Å²) in [6.45, 7) is 0. The van der Waals surface area contributed by atoms with E-state index in [1.165, 1.54) is 0 Å². The summed E-state index contributed by atoms with van der Waals surface area (Å²) < 4.78 is 5.25. The number of nitrogens with two attached hydrogens (primary N) is 2. The smallest absolute Gasteiger partial charge is 0.313 e. The van der Waals surface area contributed by atoms with Crippen molar-refractivity contribution in [2.75, 3.05) is 11.5 Å². The van der Waals surface area contributed by atoms with Crippen LogP contribution in [0.2, 0.25) is 0 Å². The van der Waals surface area contributed by atoms with Crippen LogP contribution in [0.4, 0.5) is 11.8 Å². The zero-order chi connectivity index (χ0) is 15.1. The van der Waals surface area contributed by atoms with Gasteiger partial charge in [-0.3, -0.25) is 0 Å². The second-order valence-corrected chi connectivity index (χ2v) is 4.71. The van der Waals surface area contributed by atoms with Crippen molar-refractivity contribution in [2.24, 2.45) is 0 Å². The molecule has 0 saturated carbocycles. The molecule has 22 heavy (non-hydrogen) atoms. The molecule has 4 aromatic rings. The van der Waals surface area contributed by atoms with Crippen LogP contribution in [0, 0.1) is 0 Å². The van der Waals surface area contributed by atoms with Gasteiger partial charge in [-0.1, -0.05) is 5.10 Å². The molecule has 0 aliphatic carbocycles. The zero-order valence-corrected chi connectivity index (χ0v) is 11.3. The van der Waals surface area contributed by atoms with Gasteiger partial charge in [-0.15, -0.1) is 5.10 Å². The third-order valence-electron chi connectivity index (χ3n) is 3.29. The minimum Gasteiger partial charge on any atom is -0.404 e. The molecule has 1 aromatic carbocycles. The Kier molecular flexibility index (Phi) is 2.55. The van der Waals surface area contributed by atoms with Crippen LogP contribution in [-0.4, -0.2) is 25.1 Å². The van der Waals surface area contributed by atoms with Gasteiger partial charge >= 0.3 is 6.01 Å². The fourth-order valence-electron chi connectivity index (χ4n) is 2.29. The topological polar surface area (TPSA) is 133 Å². The summed E-state index contributed by atoms with van der Waals surface area (Å²) >= 11 is 0. The highest BCUT2D eigenvalue weighted by Gasteiger charge is 2.12. The SMILES string of the molecule is Nc1ccnc(-c2c[nH]c3ccc(-c4nnc(N)o4)cc23)n1. The van der Waals surface area contributed by atoms with Gasteiger partial charge in [-0.05, 0) is 24.3 Å². The quantitative estimate of drug-likeness (QED) is 0.513. The van der Waals surface area contributed by atoms with Crippen LogP contribution in [0.25, 0.3) is 33.7 Å². The fourth-order valence-corrected chi connectivity index (χ4v) is 2.29. The Labute approximate surface area is 124 Å². The Hall–Kier alpha value is -3.42. The van der Waals surface area contributed by atoms with E-state index in [0.29, 0.717) is 17.5 Å². The van der Waals surface area contributed by atoms with Gasteiger partial charge in [0.15, 0.2) is 5.82 Å². The summed E-state index contributed by atoms with van der Waals surface area (Å²) in [5.74, 6) is 1.33. The third-order valence-corrected chi connectivity index (χ3v) is 3.29. The molecule has 0 bridgehead atoms. The predicted octanol–water partition coefficient (Wildman–Crippen LogP) is 1.84. The van der Waals surface area contributed by atoms with Gasteiger partial charge in [-0.2, -0.15) is 0 Å². The molecule has 0 atom stereocenters. The van der Waals surface area contributed by atoms with E-state index in [-0.39, 0.29) is 6.01 Å². The number of aromatic amines is 1. The molecule has 0 amide bonds. The molecule has 4 rings (SSSR count). The van der Waals surface area contributed by atoms with Gasteiger partial charge < -0.3 is 20.9 Å². The summed E-state index contributed by atoms with van der Waals surface area (Å²) in [4.78, 5) is 11.7. The first-order valence-corrected chi connectivity index (χ1v) is 6.50. The number of nitrogens with zero attached hydrogens (tertiary/aromatic N) is 4. The van der Waals surface area contributed by atoms with Crippen LogP contribution in [0.5, 0.6) is 0 Å². The van der Waals surface area contributed by atoms with Crippen molar-refractivity contribution in [3.8, 4) is 22.8 Å². The number of H-pyrrole nitrogens is 1. The first kappa shape index (κ1) is 12.3. The van der Waals surface area contributed by atoms with E-state index < -0.39 is 0 Å². The van der Waals surface area contributed by atoms with Gasteiger partial charge in [0, 0.05) is 34.4 Å². The van der Waals surface area contributed by atoms with Crippen molar-refractivity contribution in [3.63, 3.8) is 0 Å². The van der Waals surface area contributed by atoms with Gasteiger partial charge in [0.05, 0.1) is 0 Å². The number of anilines is 2. The molecule has 8 nitrogen and oxygen atoms in total. The number of rotatable bonds is 2. The summed E-state index contributed by atoms with van der Waals surface area (Å²) in [6, 6.07) is 7.38. The van der Waals surface area contributed by atoms with Crippen molar-refractivity contribution in [1.29, 1.82) is 0 Å². The normalized spacial score (nSPS) is 11.1. The highest BCUT2D eigenvalue weighted by Crippen LogP contribution is 2.30. The minimum atomic E-state index is 0.0311. The lowest BCUT2D eigenvalue weighted by Gasteiger charge is -2.00. The molecule has 0 unspecified atom stereocenters. The maximum atomic E-state index is 5.72. The van der Waals surface area contributed by atoms with Crippen molar-refractivity contribution in [2.45, 2.75) is 0 Å². The lowest BCUT2D eigenvalue weighted by Crippen LogP contribution is -1.93. The Morgan fingerprint density at radius 3 is 2.77 bits per heavy atom. The average molecular weight is 293 g/mol. The molecule has 0 fully saturated rings. The molecule has 8 heteroatoms. The second kappa shape index (κ2) is 4.55. The zero-order valence-electron chi connectivity index (χ0n) is 11.3. The maximum absolute atomic E-state index is 5.72. The minimum absolute atomic E-state index is 0.0311. The van der Waals surface area contributed by atoms with Crippen molar-refractivity contribution in [3.05, 3.63) is 36.7 Å². The monoisotopic (exact) mass is 293 g/mol. The number of nitrogen functional groups attached to an aromatic ring is 2. The standard InChI is InChI=1S/C14H11N7O/c15-11-3-4-17-12(19-11)9-6-18-10-2-1-7(5-8(9)10)13-20-21-14(16)22-13/h1-6,18H,(H2,16,21)(H2,15,17,19). The fraction of sp³-hybridized carbons (Fsp3) is 0. The Balaban J connectivity index is 1.90. The first-order valence-electron chi connectivity index (χ1n) is 6.50. The number of aromatic nitrogens is 5. The lowest BCUT2D eigenvalue weighted by molar-refractivity contribution is 0.590. The third kappa shape index (κ3) is 1.94. The maximum Gasteiger partial charge on any atom is 0.313 e. The van der Waals surface area contributed by atoms with Gasteiger partial charge in [0.25, 0.3) is 0 Å². The second-order valence-electron chi connectivity index (χ2n) is 4.71. The largest absolute Gasteiger partial charge is 0.404 e. The Morgan fingerprint density at radius 1 is 1.09 bits per heavy atom. The highest BCUT2D eigenvalue weighted by molar-refractivity contribution is 5.96. The molecule has 108 valence electrons. The van der Waals surface area contributed by atoms with E-state index in [1.54, 1.807) is 12.3 Å². The molecule has 3 heterocycles. The van der Waals surface area contributed by atoms with Crippen LogP contribution < -0.4 is 11.5 Å². The van der Waals surface area contributed by atoms with E-state index in [9.17, 15) is 0 Å². The summed E-state index contributed by atoms with van der Waals surface area (Å²) in [5, 5.41) is 8.49. The molecule has 0 spiro atoms. The van der Waals surface area contributed by atoms with Gasteiger partial charge in [0.2, 0.25) is 5.89 Å². The lowest BCUT2D eigenvalue weighted by atomic mass is 10.1. The molecular formula is C14H11N7O. The van der Waals surface area contributed by atoms with Crippen LogP contribution in [0.1, 0.15) is 0 Å². The number of benzene rings is 1. The van der Waals surface area contributed by atoms with Crippen molar-refractivity contribution < 1.29 is 4.42 Å². The van der Waals surface area contributed by atoms with Gasteiger partial charge in [-0.25, -0.2) is 9.97 Å². The van der Waals surface area contributed by atoms with Crippen LogP contribution in [-0.2, 0) is 0 Å². The molecule has 3 aromatic heterocycles. The molecular weight excluding hydrogens is 282 g/mol. The highest BCUT2D eigenvalue weighted by atomic mass is 16.4.